The number of likely N-dealkylation sites (N-methyl/N-ethyl adjacent to an activating group) is 1. The SMILES string of the molecule is CC1=CC(C)(C)N(C)c2cc(C)c(C=Nc3ccc4ccccc4c3)cc21. The molecular formula is C25H26N2. The summed E-state index contributed by atoms with van der Waals surface area (Å²) >= 11 is 0. The minimum atomic E-state index is 0.0320. The number of anilines is 1. The second kappa shape index (κ2) is 6.38. The van der Waals surface area contributed by atoms with E-state index in [1.54, 1.807) is 0 Å². The van der Waals surface area contributed by atoms with E-state index < -0.39 is 0 Å². The van der Waals surface area contributed by atoms with Gasteiger partial charge in [0.1, 0.15) is 0 Å². The predicted molar refractivity (Wildman–Crippen MR) is 119 cm³/mol. The Balaban J connectivity index is 1.72. The van der Waals surface area contributed by atoms with Crippen molar-refractivity contribution in [2.75, 3.05) is 11.9 Å². The Hall–Kier alpha value is -2.87. The molecule has 0 atom stereocenters. The van der Waals surface area contributed by atoms with Crippen LogP contribution in [-0.2, 0) is 0 Å². The molecule has 3 aromatic rings. The van der Waals surface area contributed by atoms with Gasteiger partial charge in [0.05, 0.1) is 11.2 Å². The van der Waals surface area contributed by atoms with Crippen LogP contribution in [0, 0.1) is 6.92 Å². The predicted octanol–water partition coefficient (Wildman–Crippen LogP) is 6.53. The lowest BCUT2D eigenvalue weighted by Gasteiger charge is -2.41. The van der Waals surface area contributed by atoms with Crippen molar-refractivity contribution in [1.29, 1.82) is 0 Å². The summed E-state index contributed by atoms with van der Waals surface area (Å²) in [7, 11) is 2.17. The third-order valence-electron chi connectivity index (χ3n) is 5.69. The maximum Gasteiger partial charge on any atom is 0.0636 e. The average molecular weight is 354 g/mol. The van der Waals surface area contributed by atoms with Gasteiger partial charge in [-0.1, -0.05) is 36.4 Å². The largest absolute Gasteiger partial charge is 0.365 e. The van der Waals surface area contributed by atoms with Gasteiger partial charge < -0.3 is 4.90 Å². The number of hydrogen-bond donors (Lipinski definition) is 0. The van der Waals surface area contributed by atoms with E-state index in [9.17, 15) is 0 Å². The van der Waals surface area contributed by atoms with Gasteiger partial charge in [0.15, 0.2) is 0 Å². The molecule has 2 nitrogen and oxygen atoms in total. The van der Waals surface area contributed by atoms with Crippen molar-refractivity contribution < 1.29 is 0 Å². The monoisotopic (exact) mass is 354 g/mol. The highest BCUT2D eigenvalue weighted by Gasteiger charge is 2.28. The highest BCUT2D eigenvalue weighted by Crippen LogP contribution is 2.39. The highest BCUT2D eigenvalue weighted by molar-refractivity contribution is 5.91. The molecule has 3 aromatic carbocycles. The third kappa shape index (κ3) is 3.16. The molecule has 0 radical (unpaired) electrons. The smallest absolute Gasteiger partial charge is 0.0636 e. The molecule has 136 valence electrons. The van der Waals surface area contributed by atoms with Gasteiger partial charge in [0.2, 0.25) is 0 Å². The number of nitrogens with zero attached hydrogens (tertiary/aromatic N) is 2. The fourth-order valence-electron chi connectivity index (χ4n) is 3.86. The van der Waals surface area contributed by atoms with Gasteiger partial charge in [-0.25, -0.2) is 0 Å². The fourth-order valence-corrected chi connectivity index (χ4v) is 3.86. The molecule has 1 aliphatic heterocycles. The van der Waals surface area contributed by atoms with Gasteiger partial charge in [-0.15, -0.1) is 0 Å². The zero-order valence-electron chi connectivity index (χ0n) is 16.7. The van der Waals surface area contributed by atoms with Crippen molar-refractivity contribution in [2.24, 2.45) is 4.99 Å². The van der Waals surface area contributed by atoms with Crippen molar-refractivity contribution in [1.82, 2.24) is 0 Å². The Morgan fingerprint density at radius 2 is 1.67 bits per heavy atom. The van der Waals surface area contributed by atoms with Gasteiger partial charge in [-0.2, -0.15) is 0 Å². The molecule has 0 aromatic heterocycles. The second-order valence-corrected chi connectivity index (χ2v) is 8.06. The average Bonchev–Trinajstić information content (AvgIpc) is 2.64. The van der Waals surface area contributed by atoms with E-state index in [-0.39, 0.29) is 5.54 Å². The number of aliphatic imine (C=N–C) groups is 1. The Labute approximate surface area is 161 Å². The topological polar surface area (TPSA) is 15.6 Å². The molecule has 4 rings (SSSR count). The summed E-state index contributed by atoms with van der Waals surface area (Å²) in [4.78, 5) is 7.10. The first-order valence-corrected chi connectivity index (χ1v) is 9.46. The van der Waals surface area contributed by atoms with E-state index in [4.69, 9.17) is 4.99 Å². The van der Waals surface area contributed by atoms with Gasteiger partial charge in [0.25, 0.3) is 0 Å². The van der Waals surface area contributed by atoms with Crippen LogP contribution in [-0.4, -0.2) is 18.8 Å². The molecule has 1 aliphatic rings. The molecule has 0 bridgehead atoms. The van der Waals surface area contributed by atoms with E-state index in [1.165, 1.54) is 38.7 Å². The minimum Gasteiger partial charge on any atom is -0.365 e. The van der Waals surface area contributed by atoms with Crippen molar-refractivity contribution in [2.45, 2.75) is 33.2 Å². The van der Waals surface area contributed by atoms with Crippen LogP contribution in [0.1, 0.15) is 37.5 Å². The van der Waals surface area contributed by atoms with Crippen molar-refractivity contribution in [3.63, 3.8) is 0 Å². The fraction of sp³-hybridized carbons (Fsp3) is 0.240. The summed E-state index contributed by atoms with van der Waals surface area (Å²) in [5.41, 5.74) is 7.34. The van der Waals surface area contributed by atoms with Crippen LogP contribution >= 0.6 is 0 Å². The molecule has 0 spiro atoms. The normalized spacial score (nSPS) is 15.9. The molecular weight excluding hydrogens is 328 g/mol. The third-order valence-corrected chi connectivity index (χ3v) is 5.69. The van der Waals surface area contributed by atoms with E-state index in [0.717, 1.165) is 5.69 Å². The van der Waals surface area contributed by atoms with E-state index in [0.29, 0.717) is 0 Å². The number of fused-ring (bicyclic) bond motifs is 2. The van der Waals surface area contributed by atoms with Crippen LogP contribution in [0.2, 0.25) is 0 Å². The van der Waals surface area contributed by atoms with E-state index in [1.807, 2.05) is 6.21 Å². The summed E-state index contributed by atoms with van der Waals surface area (Å²) in [6.45, 7) is 8.87. The lowest BCUT2D eigenvalue weighted by molar-refractivity contribution is 0.597. The number of aryl methyl sites for hydroxylation is 1. The molecule has 2 heteroatoms. The first-order valence-electron chi connectivity index (χ1n) is 9.46. The maximum atomic E-state index is 4.75. The van der Waals surface area contributed by atoms with Crippen molar-refractivity contribution in [3.8, 4) is 0 Å². The molecule has 0 saturated heterocycles. The van der Waals surface area contributed by atoms with Gasteiger partial charge in [-0.05, 0) is 79.4 Å². The van der Waals surface area contributed by atoms with Crippen LogP contribution in [0.5, 0.6) is 0 Å². The van der Waals surface area contributed by atoms with Crippen molar-refractivity contribution in [3.05, 3.63) is 77.4 Å². The standard InChI is InChI=1S/C25H26N2/c1-17-12-24-23(18(2)15-25(3,4)27(24)5)14-21(17)16-26-22-11-10-19-8-6-7-9-20(19)13-22/h6-16H,1-5H3. The van der Waals surface area contributed by atoms with Gasteiger partial charge in [0, 0.05) is 24.5 Å². The Morgan fingerprint density at radius 3 is 2.44 bits per heavy atom. The highest BCUT2D eigenvalue weighted by atomic mass is 15.2. The molecule has 0 N–H and O–H groups in total. The summed E-state index contributed by atoms with van der Waals surface area (Å²) in [6.07, 6.45) is 4.33. The minimum absolute atomic E-state index is 0.0320. The molecule has 0 saturated carbocycles. The van der Waals surface area contributed by atoms with Gasteiger partial charge in [-0.3, -0.25) is 4.99 Å². The van der Waals surface area contributed by atoms with Gasteiger partial charge >= 0.3 is 0 Å². The summed E-state index contributed by atoms with van der Waals surface area (Å²) in [5.74, 6) is 0. The Kier molecular flexibility index (Phi) is 4.15. The Bertz CT molecular complexity index is 1090. The molecule has 27 heavy (non-hydrogen) atoms. The van der Waals surface area contributed by atoms with Crippen molar-refractivity contribution >= 4 is 33.9 Å². The quantitative estimate of drug-likeness (QED) is 0.478. The summed E-state index contributed by atoms with van der Waals surface area (Å²) < 4.78 is 0. The number of benzene rings is 3. The molecule has 0 unspecified atom stereocenters. The first-order chi connectivity index (χ1) is 12.8. The lowest BCUT2D eigenvalue weighted by atomic mass is 9.87. The Morgan fingerprint density at radius 1 is 0.926 bits per heavy atom. The molecule has 0 aliphatic carbocycles. The number of allylic oxidation sites excluding steroid dienone is 1. The zero-order chi connectivity index (χ0) is 19.2. The lowest BCUT2D eigenvalue weighted by Crippen LogP contribution is -2.42. The molecule has 1 heterocycles. The maximum absolute atomic E-state index is 4.75. The molecule has 0 fully saturated rings. The molecule has 0 amide bonds. The second-order valence-electron chi connectivity index (χ2n) is 8.06. The summed E-state index contributed by atoms with van der Waals surface area (Å²) in [5, 5.41) is 2.46. The van der Waals surface area contributed by atoms with Crippen LogP contribution in [0.4, 0.5) is 11.4 Å². The van der Waals surface area contributed by atoms with Crippen LogP contribution in [0.15, 0.2) is 65.7 Å². The van der Waals surface area contributed by atoms with E-state index in [2.05, 4.69) is 100 Å². The number of hydrogen-bond acceptors (Lipinski definition) is 2. The number of rotatable bonds is 2. The summed E-state index contributed by atoms with van der Waals surface area (Å²) in [6, 6.07) is 19.3. The van der Waals surface area contributed by atoms with E-state index >= 15 is 0 Å². The first kappa shape index (κ1) is 17.5. The van der Waals surface area contributed by atoms with Crippen LogP contribution in [0.25, 0.3) is 16.3 Å². The zero-order valence-corrected chi connectivity index (χ0v) is 16.7. The van der Waals surface area contributed by atoms with Crippen LogP contribution < -0.4 is 4.90 Å². The van der Waals surface area contributed by atoms with Crippen LogP contribution in [0.3, 0.4) is 0 Å².